The van der Waals surface area contributed by atoms with Crippen molar-refractivity contribution in [3.63, 3.8) is 0 Å². The van der Waals surface area contributed by atoms with Gasteiger partial charge in [-0.1, -0.05) is 41.5 Å². The smallest absolute Gasteiger partial charge is 0.139 e. The Morgan fingerprint density at radius 1 is 0.682 bits per heavy atom. The number of carbonyl (C=O) groups excluding carboxylic acids is 2. The maximum atomic E-state index is 11.6. The molecule has 4 aliphatic rings. The number of rotatable bonds is 0. The second-order valence-corrected chi connectivity index (χ2v) is 9.83. The highest BCUT2D eigenvalue weighted by atomic mass is 16.1. The third-order valence-corrected chi connectivity index (χ3v) is 8.97. The van der Waals surface area contributed by atoms with Crippen LogP contribution in [-0.4, -0.2) is 11.6 Å². The van der Waals surface area contributed by atoms with E-state index in [0.29, 0.717) is 23.4 Å². The van der Waals surface area contributed by atoms with Crippen LogP contribution in [0.5, 0.6) is 0 Å². The second-order valence-electron chi connectivity index (χ2n) is 9.83. The van der Waals surface area contributed by atoms with Crippen LogP contribution in [0.2, 0.25) is 0 Å². The summed E-state index contributed by atoms with van der Waals surface area (Å²) in [6.45, 7) is 13.3. The molecule has 2 heteroatoms. The summed E-state index contributed by atoms with van der Waals surface area (Å²) < 4.78 is 0. The molecule has 0 saturated heterocycles. The van der Waals surface area contributed by atoms with Gasteiger partial charge in [-0.25, -0.2) is 0 Å². The predicted molar refractivity (Wildman–Crippen MR) is 88.5 cm³/mol. The van der Waals surface area contributed by atoms with E-state index in [4.69, 9.17) is 0 Å². The molecule has 0 aliphatic heterocycles. The first-order valence-corrected chi connectivity index (χ1v) is 9.03. The molecule has 4 bridgehead atoms. The highest BCUT2D eigenvalue weighted by Gasteiger charge is 2.62. The number of carbonyl (C=O) groups is 2. The predicted octanol–water partition coefficient (Wildman–Crippen LogP) is 4.80. The molecule has 124 valence electrons. The molecule has 0 heterocycles. The minimum atomic E-state index is 0.0255. The van der Waals surface area contributed by atoms with E-state index >= 15 is 0 Å². The standard InChI is InChI=1S/2C10H16O/c2*1-9(2)7-4-5-10(9,3)8(11)6-7/h2*7H,4-6H2,1-3H3/t2*7-,10+/m11/s1. The monoisotopic (exact) mass is 304 g/mol. The molecule has 0 N–H and O–H groups in total. The van der Waals surface area contributed by atoms with Crippen molar-refractivity contribution in [2.75, 3.05) is 0 Å². The quantitative estimate of drug-likeness (QED) is 0.644. The molecule has 0 aromatic carbocycles. The molecule has 4 fully saturated rings. The number of hydrogen-bond donors (Lipinski definition) is 0. The molecule has 22 heavy (non-hydrogen) atoms. The van der Waals surface area contributed by atoms with Crippen molar-refractivity contribution in [3.05, 3.63) is 0 Å². The van der Waals surface area contributed by atoms with Crippen LogP contribution in [0.25, 0.3) is 0 Å². The molecule has 0 aromatic heterocycles. The van der Waals surface area contributed by atoms with E-state index < -0.39 is 0 Å². The Hall–Kier alpha value is -0.660. The summed E-state index contributed by atoms with van der Waals surface area (Å²) in [7, 11) is 0. The van der Waals surface area contributed by atoms with Crippen molar-refractivity contribution in [2.24, 2.45) is 33.5 Å². The van der Waals surface area contributed by atoms with Crippen LogP contribution in [0, 0.1) is 33.5 Å². The van der Waals surface area contributed by atoms with Gasteiger partial charge in [0.2, 0.25) is 0 Å². The fourth-order valence-corrected chi connectivity index (χ4v) is 5.80. The summed E-state index contributed by atoms with van der Waals surface area (Å²) in [4.78, 5) is 23.1. The summed E-state index contributed by atoms with van der Waals surface area (Å²) in [5.74, 6) is 2.39. The largest absolute Gasteiger partial charge is 0.299 e. The highest BCUT2D eigenvalue weighted by molar-refractivity contribution is 5.89. The molecule has 2 nitrogen and oxygen atoms in total. The van der Waals surface area contributed by atoms with Gasteiger partial charge in [-0.2, -0.15) is 0 Å². The maximum Gasteiger partial charge on any atom is 0.139 e. The van der Waals surface area contributed by atoms with Crippen molar-refractivity contribution in [1.82, 2.24) is 0 Å². The third-order valence-electron chi connectivity index (χ3n) is 8.97. The van der Waals surface area contributed by atoms with Gasteiger partial charge in [-0.15, -0.1) is 0 Å². The van der Waals surface area contributed by atoms with Gasteiger partial charge in [0.05, 0.1) is 0 Å². The van der Waals surface area contributed by atoms with Crippen molar-refractivity contribution in [1.29, 1.82) is 0 Å². The Morgan fingerprint density at radius 2 is 1.00 bits per heavy atom. The molecule has 0 unspecified atom stereocenters. The number of hydrogen-bond acceptors (Lipinski definition) is 2. The van der Waals surface area contributed by atoms with E-state index in [1.54, 1.807) is 0 Å². The molecular weight excluding hydrogens is 272 g/mol. The molecule has 4 saturated carbocycles. The highest BCUT2D eigenvalue weighted by Crippen LogP contribution is 2.64. The van der Waals surface area contributed by atoms with E-state index in [1.807, 2.05) is 0 Å². The van der Waals surface area contributed by atoms with E-state index in [1.165, 1.54) is 12.8 Å². The lowest BCUT2D eigenvalue weighted by Gasteiger charge is -2.32. The van der Waals surface area contributed by atoms with Gasteiger partial charge in [0.15, 0.2) is 0 Å². The van der Waals surface area contributed by atoms with Gasteiger partial charge >= 0.3 is 0 Å². The molecule has 0 amide bonds. The Kier molecular flexibility index (Phi) is 3.28. The lowest BCUT2D eigenvalue weighted by molar-refractivity contribution is -0.129. The van der Waals surface area contributed by atoms with E-state index in [9.17, 15) is 9.59 Å². The molecule has 4 atom stereocenters. The third kappa shape index (κ3) is 1.73. The Bertz CT molecular complexity index is 482. The normalized spacial score (nSPS) is 46.8. The van der Waals surface area contributed by atoms with Crippen LogP contribution in [0.4, 0.5) is 0 Å². The van der Waals surface area contributed by atoms with Gasteiger partial charge in [0.1, 0.15) is 11.6 Å². The molecule has 0 radical (unpaired) electrons. The first-order valence-electron chi connectivity index (χ1n) is 9.03. The summed E-state index contributed by atoms with van der Waals surface area (Å²) in [6.07, 6.45) is 6.50. The first kappa shape index (κ1) is 16.2. The SMILES string of the molecule is CC1(C)[C@@H]2CC[C@@]1(C)C(=O)C2.CC1(C)[C@@H]2CC[C@@]1(C)C(=O)C2. The zero-order valence-corrected chi connectivity index (χ0v) is 15.2. The summed E-state index contributed by atoms with van der Waals surface area (Å²) >= 11 is 0. The van der Waals surface area contributed by atoms with Gasteiger partial charge in [0, 0.05) is 23.7 Å². The lowest BCUT2D eigenvalue weighted by atomic mass is 9.70. The van der Waals surface area contributed by atoms with Gasteiger partial charge in [0.25, 0.3) is 0 Å². The second kappa shape index (κ2) is 4.45. The zero-order valence-electron chi connectivity index (χ0n) is 15.2. The Balaban J connectivity index is 0.000000131. The van der Waals surface area contributed by atoms with Crippen molar-refractivity contribution < 1.29 is 9.59 Å². The number of ketones is 2. The van der Waals surface area contributed by atoms with E-state index in [-0.39, 0.29) is 21.7 Å². The lowest BCUT2D eigenvalue weighted by Crippen LogP contribution is -2.32. The molecular formula is C20H32O2. The summed E-state index contributed by atoms with van der Waals surface area (Å²) in [6, 6.07) is 0. The molecule has 4 rings (SSSR count). The molecule has 0 aromatic rings. The maximum absolute atomic E-state index is 11.6. The van der Waals surface area contributed by atoms with Crippen LogP contribution in [0.3, 0.4) is 0 Å². The van der Waals surface area contributed by atoms with Gasteiger partial charge < -0.3 is 0 Å². The van der Waals surface area contributed by atoms with E-state index in [2.05, 4.69) is 41.5 Å². The molecule has 0 spiro atoms. The van der Waals surface area contributed by atoms with Crippen LogP contribution < -0.4 is 0 Å². The van der Waals surface area contributed by atoms with Crippen LogP contribution in [0.15, 0.2) is 0 Å². The summed E-state index contributed by atoms with van der Waals surface area (Å²) in [5, 5.41) is 0. The van der Waals surface area contributed by atoms with E-state index in [0.717, 1.165) is 25.7 Å². The topological polar surface area (TPSA) is 34.1 Å². The van der Waals surface area contributed by atoms with Crippen molar-refractivity contribution in [2.45, 2.75) is 80.1 Å². The average Bonchev–Trinajstić information content (AvgIpc) is 2.91. The fraction of sp³-hybridized carbons (Fsp3) is 0.900. The van der Waals surface area contributed by atoms with Gasteiger partial charge in [-0.05, 0) is 48.3 Å². The minimum Gasteiger partial charge on any atom is -0.299 e. The Labute approximate surface area is 135 Å². The van der Waals surface area contributed by atoms with Crippen LogP contribution >= 0.6 is 0 Å². The molecule has 4 aliphatic carbocycles. The number of Topliss-reactive ketones (excluding diaryl/α,β-unsaturated/α-hetero) is 2. The summed E-state index contributed by atoms with van der Waals surface area (Å²) in [5.41, 5.74) is 0.615. The Morgan fingerprint density at radius 3 is 1.09 bits per heavy atom. The first-order chi connectivity index (χ1) is 9.97. The van der Waals surface area contributed by atoms with Crippen LogP contribution in [-0.2, 0) is 9.59 Å². The van der Waals surface area contributed by atoms with Crippen LogP contribution in [0.1, 0.15) is 80.1 Å². The van der Waals surface area contributed by atoms with Crippen molar-refractivity contribution in [3.8, 4) is 0 Å². The zero-order chi connectivity index (χ0) is 16.6. The number of fused-ring (bicyclic) bond motifs is 4. The average molecular weight is 304 g/mol. The minimum absolute atomic E-state index is 0.0255. The van der Waals surface area contributed by atoms with Gasteiger partial charge in [-0.3, -0.25) is 9.59 Å². The van der Waals surface area contributed by atoms with Crippen molar-refractivity contribution >= 4 is 11.6 Å². The fourth-order valence-electron chi connectivity index (χ4n) is 5.80.